The van der Waals surface area contributed by atoms with Gasteiger partial charge in [-0.2, -0.15) is 10.4 Å². The van der Waals surface area contributed by atoms with E-state index in [1.165, 1.54) is 4.68 Å². The van der Waals surface area contributed by atoms with E-state index in [9.17, 15) is 4.79 Å². The zero-order chi connectivity index (χ0) is 16.3. The van der Waals surface area contributed by atoms with E-state index in [1.807, 2.05) is 6.92 Å². The number of aromatic nitrogens is 3. The molecule has 1 unspecified atom stereocenters. The molecule has 2 rings (SSSR count). The van der Waals surface area contributed by atoms with E-state index in [0.29, 0.717) is 22.9 Å². The molecule has 0 aliphatic heterocycles. The molecular formula is C15H17ClN4O2. The second kappa shape index (κ2) is 6.32. The lowest BCUT2D eigenvalue weighted by Crippen LogP contribution is -2.41. The van der Waals surface area contributed by atoms with E-state index in [-0.39, 0.29) is 19.0 Å². The van der Waals surface area contributed by atoms with Crippen molar-refractivity contribution >= 4 is 28.6 Å². The fraction of sp³-hybridized carbons (Fsp3) is 0.467. The summed E-state index contributed by atoms with van der Waals surface area (Å²) in [4.78, 5) is 16.7. The first kappa shape index (κ1) is 16.2. The van der Waals surface area contributed by atoms with Gasteiger partial charge in [0.25, 0.3) is 0 Å². The van der Waals surface area contributed by atoms with Gasteiger partial charge < -0.3 is 4.74 Å². The van der Waals surface area contributed by atoms with E-state index in [4.69, 9.17) is 21.6 Å². The molecular weight excluding hydrogens is 304 g/mol. The molecule has 0 saturated carbocycles. The molecule has 0 aromatic carbocycles. The fourth-order valence-electron chi connectivity index (χ4n) is 2.25. The van der Waals surface area contributed by atoms with Crippen LogP contribution in [-0.4, -0.2) is 27.3 Å². The Bertz CT molecular complexity index is 750. The quantitative estimate of drug-likeness (QED) is 0.625. The molecule has 0 aliphatic rings. The summed E-state index contributed by atoms with van der Waals surface area (Å²) in [7, 11) is 0. The number of rotatable bonds is 5. The first-order valence-electron chi connectivity index (χ1n) is 7.06. The SMILES string of the molecule is CCOC(=O)C(C)(CC)n1nc(CC#N)c2ccc(Cl)nc21. The summed E-state index contributed by atoms with van der Waals surface area (Å²) in [5.74, 6) is -0.382. The van der Waals surface area contributed by atoms with Gasteiger partial charge in [-0.15, -0.1) is 0 Å². The predicted molar refractivity (Wildman–Crippen MR) is 82.4 cm³/mol. The molecule has 22 heavy (non-hydrogen) atoms. The maximum Gasteiger partial charge on any atom is 0.333 e. The standard InChI is InChI=1S/C15H17ClN4O2/c1-4-15(3,14(21)22-5-2)20-13-10(6-7-12(16)18-13)11(19-20)8-9-17/h6-7H,4-5,8H2,1-3H3. The van der Waals surface area contributed by atoms with Crippen LogP contribution in [0.5, 0.6) is 0 Å². The maximum atomic E-state index is 12.4. The lowest BCUT2D eigenvalue weighted by atomic mass is 9.99. The number of nitrogens with zero attached hydrogens (tertiary/aromatic N) is 4. The first-order chi connectivity index (χ1) is 10.5. The molecule has 0 radical (unpaired) electrons. The third kappa shape index (κ3) is 2.64. The Labute approximate surface area is 133 Å². The Kier molecular flexibility index (Phi) is 4.67. The van der Waals surface area contributed by atoms with Gasteiger partial charge in [0.15, 0.2) is 11.2 Å². The van der Waals surface area contributed by atoms with Gasteiger partial charge in [0, 0.05) is 5.39 Å². The highest BCUT2D eigenvalue weighted by atomic mass is 35.5. The van der Waals surface area contributed by atoms with Crippen LogP contribution in [0.4, 0.5) is 0 Å². The van der Waals surface area contributed by atoms with Gasteiger partial charge in [-0.3, -0.25) is 0 Å². The molecule has 0 bridgehead atoms. The number of fused-ring (bicyclic) bond motifs is 1. The van der Waals surface area contributed by atoms with Crippen LogP contribution in [0.15, 0.2) is 12.1 Å². The van der Waals surface area contributed by atoms with Crippen LogP contribution in [0.1, 0.15) is 32.9 Å². The van der Waals surface area contributed by atoms with Gasteiger partial charge in [-0.05, 0) is 32.4 Å². The Morgan fingerprint density at radius 1 is 1.50 bits per heavy atom. The molecule has 2 aromatic heterocycles. The van der Waals surface area contributed by atoms with Crippen molar-refractivity contribution in [2.24, 2.45) is 0 Å². The summed E-state index contributed by atoms with van der Waals surface area (Å²) in [6.45, 7) is 5.66. The Hall–Kier alpha value is -2.13. The molecule has 0 fully saturated rings. The molecule has 1 atom stereocenters. The summed E-state index contributed by atoms with van der Waals surface area (Å²) in [6, 6.07) is 5.48. The lowest BCUT2D eigenvalue weighted by Gasteiger charge is -2.26. The van der Waals surface area contributed by atoms with Gasteiger partial charge in [0.05, 0.1) is 24.8 Å². The van der Waals surface area contributed by atoms with Crippen molar-refractivity contribution in [1.82, 2.24) is 14.8 Å². The van der Waals surface area contributed by atoms with Crippen molar-refractivity contribution in [2.45, 2.75) is 39.2 Å². The first-order valence-corrected chi connectivity index (χ1v) is 7.44. The number of halogens is 1. The lowest BCUT2D eigenvalue weighted by molar-refractivity contribution is -0.153. The van der Waals surface area contributed by atoms with Crippen molar-refractivity contribution in [3.05, 3.63) is 23.0 Å². The molecule has 116 valence electrons. The highest BCUT2D eigenvalue weighted by Crippen LogP contribution is 2.29. The van der Waals surface area contributed by atoms with Gasteiger partial charge in [-0.1, -0.05) is 18.5 Å². The number of carbonyl (C=O) groups excluding carboxylic acids is 1. The zero-order valence-electron chi connectivity index (χ0n) is 12.8. The van der Waals surface area contributed by atoms with E-state index >= 15 is 0 Å². The smallest absolute Gasteiger partial charge is 0.333 e. The van der Waals surface area contributed by atoms with Gasteiger partial charge in [-0.25, -0.2) is 14.5 Å². The van der Waals surface area contributed by atoms with Crippen molar-refractivity contribution in [3.8, 4) is 6.07 Å². The Morgan fingerprint density at radius 2 is 2.23 bits per heavy atom. The van der Waals surface area contributed by atoms with Crippen molar-refractivity contribution < 1.29 is 9.53 Å². The van der Waals surface area contributed by atoms with Crippen LogP contribution in [0, 0.1) is 11.3 Å². The number of hydrogen-bond donors (Lipinski definition) is 0. The van der Waals surface area contributed by atoms with Crippen LogP contribution >= 0.6 is 11.6 Å². The van der Waals surface area contributed by atoms with Crippen LogP contribution in [0.25, 0.3) is 11.0 Å². The Morgan fingerprint density at radius 3 is 2.82 bits per heavy atom. The molecule has 0 amide bonds. The van der Waals surface area contributed by atoms with Gasteiger partial charge >= 0.3 is 5.97 Å². The van der Waals surface area contributed by atoms with Crippen molar-refractivity contribution in [1.29, 1.82) is 5.26 Å². The second-order valence-electron chi connectivity index (χ2n) is 5.05. The molecule has 0 saturated heterocycles. The molecule has 0 aliphatic carbocycles. The minimum Gasteiger partial charge on any atom is -0.464 e. The topological polar surface area (TPSA) is 80.8 Å². The van der Waals surface area contributed by atoms with Crippen LogP contribution in [0.3, 0.4) is 0 Å². The number of nitriles is 1. The zero-order valence-corrected chi connectivity index (χ0v) is 13.5. The van der Waals surface area contributed by atoms with E-state index in [1.54, 1.807) is 26.0 Å². The fourth-order valence-corrected chi connectivity index (χ4v) is 2.39. The summed E-state index contributed by atoms with van der Waals surface area (Å²) in [5, 5.41) is 14.4. The summed E-state index contributed by atoms with van der Waals surface area (Å²) >= 11 is 5.98. The number of ether oxygens (including phenoxy) is 1. The number of esters is 1. The number of hydrogen-bond acceptors (Lipinski definition) is 5. The normalized spacial score (nSPS) is 13.6. The highest BCUT2D eigenvalue weighted by Gasteiger charge is 2.38. The van der Waals surface area contributed by atoms with E-state index in [2.05, 4.69) is 16.2 Å². The number of pyridine rings is 1. The third-order valence-electron chi connectivity index (χ3n) is 3.69. The second-order valence-corrected chi connectivity index (χ2v) is 5.43. The van der Waals surface area contributed by atoms with Gasteiger partial charge in [0.2, 0.25) is 0 Å². The van der Waals surface area contributed by atoms with Crippen molar-refractivity contribution in [2.75, 3.05) is 6.61 Å². The van der Waals surface area contributed by atoms with E-state index in [0.717, 1.165) is 5.39 Å². The third-order valence-corrected chi connectivity index (χ3v) is 3.90. The monoisotopic (exact) mass is 320 g/mol. The highest BCUT2D eigenvalue weighted by molar-refractivity contribution is 6.29. The average Bonchev–Trinajstić information content (AvgIpc) is 2.85. The maximum absolute atomic E-state index is 12.4. The molecule has 2 heterocycles. The molecule has 0 N–H and O–H groups in total. The molecule has 7 heteroatoms. The molecule has 0 spiro atoms. The van der Waals surface area contributed by atoms with Crippen molar-refractivity contribution in [3.63, 3.8) is 0 Å². The summed E-state index contributed by atoms with van der Waals surface area (Å²) < 4.78 is 6.70. The van der Waals surface area contributed by atoms with Crippen LogP contribution in [0.2, 0.25) is 5.15 Å². The van der Waals surface area contributed by atoms with Crippen LogP contribution in [-0.2, 0) is 21.5 Å². The predicted octanol–water partition coefficient (Wildman–Crippen LogP) is 2.84. The minimum absolute atomic E-state index is 0.134. The summed E-state index contributed by atoms with van der Waals surface area (Å²) in [5.41, 5.74) is 0.0559. The van der Waals surface area contributed by atoms with Gasteiger partial charge in [0.1, 0.15) is 5.15 Å². The number of carbonyl (C=O) groups is 1. The summed E-state index contributed by atoms with van der Waals surface area (Å²) in [6.07, 6.45) is 0.609. The molecule has 6 nitrogen and oxygen atoms in total. The Balaban J connectivity index is 2.70. The minimum atomic E-state index is -1.00. The van der Waals surface area contributed by atoms with E-state index < -0.39 is 5.54 Å². The molecule has 2 aromatic rings. The average molecular weight is 321 g/mol. The van der Waals surface area contributed by atoms with Crippen LogP contribution < -0.4 is 0 Å². The largest absolute Gasteiger partial charge is 0.464 e.